The summed E-state index contributed by atoms with van der Waals surface area (Å²) in [5, 5.41) is 7.85. The van der Waals surface area contributed by atoms with Crippen LogP contribution in [0.25, 0.3) is 0 Å². The van der Waals surface area contributed by atoms with E-state index >= 15 is 0 Å². The maximum Gasteiger partial charge on any atom is 0.230 e. The second-order valence-electron chi connectivity index (χ2n) is 4.55. The second kappa shape index (κ2) is 6.82. The quantitative estimate of drug-likeness (QED) is 0.707. The van der Waals surface area contributed by atoms with Crippen LogP contribution in [0.4, 0.5) is 0 Å². The van der Waals surface area contributed by atoms with E-state index < -0.39 is 0 Å². The molecule has 0 aromatic carbocycles. The summed E-state index contributed by atoms with van der Waals surface area (Å²) in [4.78, 5) is 2.32. The summed E-state index contributed by atoms with van der Waals surface area (Å²) in [7, 11) is 1.69. The fraction of sp³-hybridized carbons (Fsp3) is 0.833. The molecule has 0 N–H and O–H groups in total. The molecule has 0 saturated carbocycles. The van der Waals surface area contributed by atoms with Crippen molar-refractivity contribution in [3.05, 3.63) is 11.8 Å². The van der Waals surface area contributed by atoms with Crippen LogP contribution in [-0.2, 0) is 16.0 Å². The smallest absolute Gasteiger partial charge is 0.230 e. The molecular formula is C12H21N3O3. The van der Waals surface area contributed by atoms with Gasteiger partial charge >= 0.3 is 0 Å². The van der Waals surface area contributed by atoms with Gasteiger partial charge in [0.15, 0.2) is 0 Å². The minimum atomic E-state index is 0.362. The normalized spacial score (nSPS) is 18.3. The van der Waals surface area contributed by atoms with Crippen LogP contribution in [0.2, 0.25) is 0 Å². The Morgan fingerprint density at radius 2 is 2.06 bits per heavy atom. The number of hydrogen-bond acceptors (Lipinski definition) is 6. The highest BCUT2D eigenvalue weighted by Gasteiger charge is 2.20. The zero-order valence-corrected chi connectivity index (χ0v) is 11.1. The highest BCUT2D eigenvalue weighted by molar-refractivity contribution is 4.81. The van der Waals surface area contributed by atoms with Crippen LogP contribution >= 0.6 is 0 Å². The van der Waals surface area contributed by atoms with Gasteiger partial charge in [0.25, 0.3) is 0 Å². The first-order chi connectivity index (χ1) is 8.78. The number of piperidine rings is 1. The predicted octanol–water partition coefficient (Wildman–Crippen LogP) is 1.01. The van der Waals surface area contributed by atoms with Crippen molar-refractivity contribution in [2.45, 2.75) is 32.4 Å². The van der Waals surface area contributed by atoms with E-state index in [-0.39, 0.29) is 0 Å². The van der Waals surface area contributed by atoms with E-state index in [2.05, 4.69) is 15.1 Å². The molecular weight excluding hydrogens is 234 g/mol. The second-order valence-corrected chi connectivity index (χ2v) is 4.55. The number of rotatable bonds is 6. The van der Waals surface area contributed by atoms with Gasteiger partial charge in [0.1, 0.15) is 0 Å². The standard InChI is InChI=1S/C12H21N3O3/c1-10-13-14-12(18-10)9-15-5-3-11(4-6-15)17-8-7-16-2/h11H,3-9H2,1-2H3. The first-order valence-electron chi connectivity index (χ1n) is 6.40. The molecule has 2 rings (SSSR count). The number of likely N-dealkylation sites (tertiary alicyclic amines) is 1. The third-order valence-electron chi connectivity index (χ3n) is 3.10. The molecule has 0 spiro atoms. The van der Waals surface area contributed by atoms with Crippen LogP contribution in [0, 0.1) is 6.92 Å². The van der Waals surface area contributed by atoms with Crippen molar-refractivity contribution in [3.63, 3.8) is 0 Å². The summed E-state index contributed by atoms with van der Waals surface area (Å²) in [6, 6.07) is 0. The zero-order valence-electron chi connectivity index (χ0n) is 11.1. The van der Waals surface area contributed by atoms with Gasteiger partial charge in [-0.15, -0.1) is 10.2 Å². The maximum atomic E-state index is 5.72. The van der Waals surface area contributed by atoms with E-state index in [1.165, 1.54) is 0 Å². The average Bonchev–Trinajstić information content (AvgIpc) is 2.77. The summed E-state index contributed by atoms with van der Waals surface area (Å²) in [5.41, 5.74) is 0. The van der Waals surface area contributed by atoms with Gasteiger partial charge in [-0.3, -0.25) is 4.90 Å². The number of aryl methyl sites for hydroxylation is 1. The highest BCUT2D eigenvalue weighted by Crippen LogP contribution is 2.15. The molecule has 1 aliphatic rings. The molecule has 1 aromatic heterocycles. The number of aromatic nitrogens is 2. The topological polar surface area (TPSA) is 60.6 Å². The molecule has 6 nitrogen and oxygen atoms in total. The maximum absolute atomic E-state index is 5.72. The monoisotopic (exact) mass is 255 g/mol. The lowest BCUT2D eigenvalue weighted by Crippen LogP contribution is -2.37. The van der Waals surface area contributed by atoms with Gasteiger partial charge in [-0.25, -0.2) is 0 Å². The zero-order chi connectivity index (χ0) is 12.8. The third kappa shape index (κ3) is 4.04. The fourth-order valence-corrected chi connectivity index (χ4v) is 2.12. The largest absolute Gasteiger partial charge is 0.424 e. The van der Waals surface area contributed by atoms with Crippen LogP contribution in [0.15, 0.2) is 4.42 Å². The van der Waals surface area contributed by atoms with Crippen molar-refractivity contribution >= 4 is 0 Å². The van der Waals surface area contributed by atoms with Gasteiger partial charge in [0.2, 0.25) is 11.8 Å². The van der Waals surface area contributed by atoms with E-state index in [4.69, 9.17) is 13.9 Å². The predicted molar refractivity (Wildman–Crippen MR) is 65.2 cm³/mol. The lowest BCUT2D eigenvalue weighted by atomic mass is 10.1. The Morgan fingerprint density at radius 3 is 2.67 bits per heavy atom. The Labute approximate surface area is 107 Å². The summed E-state index contributed by atoms with van der Waals surface area (Å²) in [6.45, 7) is 5.93. The fourth-order valence-electron chi connectivity index (χ4n) is 2.12. The minimum Gasteiger partial charge on any atom is -0.424 e. The SMILES string of the molecule is COCCOC1CCN(Cc2nnc(C)o2)CC1. The van der Waals surface area contributed by atoms with Crippen molar-refractivity contribution in [1.29, 1.82) is 0 Å². The molecule has 1 aromatic rings. The van der Waals surface area contributed by atoms with Gasteiger partial charge in [0, 0.05) is 27.1 Å². The third-order valence-corrected chi connectivity index (χ3v) is 3.10. The molecule has 102 valence electrons. The number of methoxy groups -OCH3 is 1. The first-order valence-corrected chi connectivity index (χ1v) is 6.40. The molecule has 18 heavy (non-hydrogen) atoms. The molecule has 0 bridgehead atoms. The number of nitrogens with zero attached hydrogens (tertiary/aromatic N) is 3. The molecule has 2 heterocycles. The first kappa shape index (κ1) is 13.5. The van der Waals surface area contributed by atoms with Gasteiger partial charge in [0.05, 0.1) is 25.9 Å². The van der Waals surface area contributed by atoms with Crippen molar-refractivity contribution in [3.8, 4) is 0 Å². The van der Waals surface area contributed by atoms with Crippen LogP contribution in [0.5, 0.6) is 0 Å². The summed E-state index contributed by atoms with van der Waals surface area (Å²) in [5.74, 6) is 1.33. The van der Waals surface area contributed by atoms with Gasteiger partial charge in [-0.05, 0) is 12.8 Å². The Hall–Kier alpha value is -0.980. The lowest BCUT2D eigenvalue weighted by Gasteiger charge is -2.30. The van der Waals surface area contributed by atoms with E-state index in [0.717, 1.165) is 32.5 Å². The molecule has 0 atom stereocenters. The van der Waals surface area contributed by atoms with E-state index in [0.29, 0.717) is 31.1 Å². The van der Waals surface area contributed by atoms with Gasteiger partial charge < -0.3 is 13.9 Å². The molecule has 0 aliphatic carbocycles. The van der Waals surface area contributed by atoms with Crippen LogP contribution in [0.3, 0.4) is 0 Å². The van der Waals surface area contributed by atoms with E-state index in [1.807, 2.05) is 6.92 Å². The summed E-state index contributed by atoms with van der Waals surface area (Å²) >= 11 is 0. The van der Waals surface area contributed by atoms with E-state index in [9.17, 15) is 0 Å². The summed E-state index contributed by atoms with van der Waals surface area (Å²) < 4.78 is 16.1. The molecule has 1 saturated heterocycles. The molecule has 6 heteroatoms. The van der Waals surface area contributed by atoms with Gasteiger partial charge in [-0.1, -0.05) is 0 Å². The Kier molecular flexibility index (Phi) is 5.10. The molecule has 1 fully saturated rings. The number of ether oxygens (including phenoxy) is 2. The Balaban J connectivity index is 1.67. The van der Waals surface area contributed by atoms with Crippen LogP contribution < -0.4 is 0 Å². The summed E-state index contributed by atoms with van der Waals surface area (Å²) in [6.07, 6.45) is 2.47. The molecule has 0 radical (unpaired) electrons. The van der Waals surface area contributed by atoms with Crippen molar-refractivity contribution in [2.75, 3.05) is 33.4 Å². The Bertz CT molecular complexity index is 348. The minimum absolute atomic E-state index is 0.362. The van der Waals surface area contributed by atoms with Crippen molar-refractivity contribution in [1.82, 2.24) is 15.1 Å². The molecule has 1 aliphatic heterocycles. The lowest BCUT2D eigenvalue weighted by molar-refractivity contribution is -0.0168. The van der Waals surface area contributed by atoms with Crippen LogP contribution in [-0.4, -0.2) is 54.6 Å². The highest BCUT2D eigenvalue weighted by atomic mass is 16.5. The van der Waals surface area contributed by atoms with Crippen LogP contribution in [0.1, 0.15) is 24.6 Å². The molecule has 0 unspecified atom stereocenters. The van der Waals surface area contributed by atoms with Crippen molar-refractivity contribution in [2.24, 2.45) is 0 Å². The van der Waals surface area contributed by atoms with Crippen molar-refractivity contribution < 1.29 is 13.9 Å². The average molecular weight is 255 g/mol. The van der Waals surface area contributed by atoms with Gasteiger partial charge in [-0.2, -0.15) is 0 Å². The molecule has 0 amide bonds. The Morgan fingerprint density at radius 1 is 1.28 bits per heavy atom. The number of hydrogen-bond donors (Lipinski definition) is 0. The van der Waals surface area contributed by atoms with E-state index in [1.54, 1.807) is 7.11 Å².